The largest absolute Gasteiger partial charge is 0.347 e. The molecule has 2 aromatic heterocycles. The third-order valence-corrected chi connectivity index (χ3v) is 4.30. The Bertz CT molecular complexity index is 1210. The molecule has 0 aliphatic rings. The van der Waals surface area contributed by atoms with Crippen molar-refractivity contribution in [2.24, 2.45) is 0 Å². The molecule has 7 heteroatoms. The van der Waals surface area contributed by atoms with E-state index in [1.807, 2.05) is 53.7 Å². The lowest BCUT2D eigenvalue weighted by Crippen LogP contribution is -2.24. The molecule has 0 saturated carbocycles. The van der Waals surface area contributed by atoms with Crippen LogP contribution in [0.1, 0.15) is 11.1 Å². The fraction of sp³-hybridized carbons (Fsp3) is 0.158. The van der Waals surface area contributed by atoms with Gasteiger partial charge in [0.15, 0.2) is 0 Å². The van der Waals surface area contributed by atoms with E-state index in [1.54, 1.807) is 22.8 Å². The van der Waals surface area contributed by atoms with Crippen molar-refractivity contribution in [2.75, 3.05) is 19.0 Å². The van der Waals surface area contributed by atoms with E-state index in [9.17, 15) is 10.1 Å². The highest BCUT2D eigenvalue weighted by atomic mass is 16.1. The lowest BCUT2D eigenvalue weighted by atomic mass is 10.1. The fourth-order valence-corrected chi connectivity index (χ4v) is 3.06. The molecule has 0 unspecified atom stereocenters. The maximum absolute atomic E-state index is 13.2. The molecule has 7 nitrogen and oxygen atoms in total. The van der Waals surface area contributed by atoms with E-state index < -0.39 is 0 Å². The van der Waals surface area contributed by atoms with Crippen LogP contribution in [0.25, 0.3) is 16.7 Å². The monoisotopic (exact) mass is 344 g/mol. The van der Waals surface area contributed by atoms with Gasteiger partial charge >= 0.3 is 0 Å². The van der Waals surface area contributed by atoms with Crippen molar-refractivity contribution in [3.8, 4) is 6.07 Å². The zero-order chi connectivity index (χ0) is 18.3. The van der Waals surface area contributed by atoms with Gasteiger partial charge < -0.3 is 4.90 Å². The van der Waals surface area contributed by atoms with E-state index in [2.05, 4.69) is 16.3 Å². The van der Waals surface area contributed by atoms with Gasteiger partial charge in [0.25, 0.3) is 5.56 Å². The zero-order valence-corrected chi connectivity index (χ0v) is 14.4. The predicted octanol–water partition coefficient (Wildman–Crippen LogP) is 2.03. The van der Waals surface area contributed by atoms with Crippen LogP contribution in [0.15, 0.2) is 53.3 Å². The lowest BCUT2D eigenvalue weighted by Gasteiger charge is -2.14. The highest BCUT2D eigenvalue weighted by Gasteiger charge is 2.18. The summed E-state index contributed by atoms with van der Waals surface area (Å²) < 4.78 is 3.44. The summed E-state index contributed by atoms with van der Waals surface area (Å²) in [5.41, 5.74) is 1.93. The van der Waals surface area contributed by atoms with Gasteiger partial charge in [-0.15, -0.1) is 10.2 Å². The summed E-state index contributed by atoms with van der Waals surface area (Å²) in [7, 11) is 3.75. The smallest absolute Gasteiger partial charge is 0.263 e. The Morgan fingerprint density at radius 3 is 2.58 bits per heavy atom. The van der Waals surface area contributed by atoms with Crippen LogP contribution in [-0.4, -0.2) is 33.3 Å². The molecule has 128 valence electrons. The average molecular weight is 344 g/mol. The van der Waals surface area contributed by atoms with Crippen LogP contribution < -0.4 is 10.5 Å². The van der Waals surface area contributed by atoms with E-state index in [0.29, 0.717) is 34.7 Å². The van der Waals surface area contributed by atoms with Crippen LogP contribution in [0.2, 0.25) is 0 Å². The number of nitrogens with zero attached hydrogens (tertiary/aromatic N) is 6. The number of hydrogen-bond acceptors (Lipinski definition) is 5. The molecule has 0 saturated heterocycles. The van der Waals surface area contributed by atoms with Gasteiger partial charge in [0, 0.05) is 14.1 Å². The van der Waals surface area contributed by atoms with Crippen LogP contribution in [0, 0.1) is 11.3 Å². The van der Waals surface area contributed by atoms with Crippen LogP contribution >= 0.6 is 0 Å². The Kier molecular flexibility index (Phi) is 3.66. The first-order valence-corrected chi connectivity index (χ1v) is 8.13. The van der Waals surface area contributed by atoms with Crippen molar-refractivity contribution in [3.05, 3.63) is 70.0 Å². The van der Waals surface area contributed by atoms with Crippen molar-refractivity contribution >= 4 is 22.6 Å². The van der Waals surface area contributed by atoms with Crippen LogP contribution in [-0.2, 0) is 6.54 Å². The number of rotatable bonds is 3. The molecular formula is C19H16N6O. The molecule has 4 aromatic rings. The van der Waals surface area contributed by atoms with Crippen LogP contribution in [0.4, 0.5) is 5.95 Å². The first-order chi connectivity index (χ1) is 12.6. The molecule has 0 N–H and O–H groups in total. The van der Waals surface area contributed by atoms with Gasteiger partial charge in [-0.3, -0.25) is 9.36 Å². The Balaban J connectivity index is 2.11. The summed E-state index contributed by atoms with van der Waals surface area (Å²) in [6.45, 7) is 0.376. The molecule has 0 aliphatic carbocycles. The van der Waals surface area contributed by atoms with Gasteiger partial charge in [-0.2, -0.15) is 5.26 Å². The highest BCUT2D eigenvalue weighted by molar-refractivity contribution is 5.83. The van der Waals surface area contributed by atoms with Crippen molar-refractivity contribution in [1.82, 2.24) is 19.2 Å². The molecule has 0 radical (unpaired) electrons. The normalized spacial score (nSPS) is 11.0. The minimum absolute atomic E-state index is 0.189. The van der Waals surface area contributed by atoms with E-state index in [4.69, 9.17) is 0 Å². The summed E-state index contributed by atoms with van der Waals surface area (Å²) in [6, 6.07) is 16.9. The SMILES string of the molecule is CN(C)c1nnc2n(Cc3ccccc3)c(=O)c3cc(C#N)ccc3n12. The molecule has 0 spiro atoms. The molecule has 26 heavy (non-hydrogen) atoms. The van der Waals surface area contributed by atoms with Gasteiger partial charge in [0.2, 0.25) is 11.7 Å². The van der Waals surface area contributed by atoms with E-state index in [0.717, 1.165) is 5.56 Å². The summed E-state index contributed by atoms with van der Waals surface area (Å²) >= 11 is 0. The minimum Gasteiger partial charge on any atom is -0.347 e. The number of benzene rings is 2. The van der Waals surface area contributed by atoms with E-state index in [1.165, 1.54) is 0 Å². The van der Waals surface area contributed by atoms with Crippen molar-refractivity contribution in [3.63, 3.8) is 0 Å². The first kappa shape index (κ1) is 15.8. The Morgan fingerprint density at radius 1 is 1.12 bits per heavy atom. The number of anilines is 1. The molecule has 0 bridgehead atoms. The standard InChI is InChI=1S/C19H16N6O/c1-23(2)18-21-22-19-24(12-13-6-4-3-5-7-13)17(26)15-10-14(11-20)8-9-16(15)25(18)19/h3-10H,12H2,1-2H3. The topological polar surface area (TPSA) is 79.2 Å². The van der Waals surface area contributed by atoms with E-state index in [-0.39, 0.29) is 5.56 Å². The molecule has 2 aromatic carbocycles. The van der Waals surface area contributed by atoms with Crippen LogP contribution in [0.3, 0.4) is 0 Å². The third-order valence-electron chi connectivity index (χ3n) is 4.30. The van der Waals surface area contributed by atoms with Gasteiger partial charge in [0.1, 0.15) is 0 Å². The lowest BCUT2D eigenvalue weighted by molar-refractivity contribution is 0.766. The predicted molar refractivity (Wildman–Crippen MR) is 99.3 cm³/mol. The van der Waals surface area contributed by atoms with Gasteiger partial charge in [0.05, 0.1) is 29.1 Å². The molecular weight excluding hydrogens is 328 g/mol. The first-order valence-electron chi connectivity index (χ1n) is 8.13. The quantitative estimate of drug-likeness (QED) is 0.568. The summed E-state index contributed by atoms with van der Waals surface area (Å²) in [4.78, 5) is 15.0. The van der Waals surface area contributed by atoms with Crippen molar-refractivity contribution in [1.29, 1.82) is 5.26 Å². The molecule has 0 fully saturated rings. The Morgan fingerprint density at radius 2 is 1.88 bits per heavy atom. The summed E-state index contributed by atoms with van der Waals surface area (Å²) in [6.07, 6.45) is 0. The van der Waals surface area contributed by atoms with Crippen LogP contribution in [0.5, 0.6) is 0 Å². The van der Waals surface area contributed by atoms with Crippen molar-refractivity contribution < 1.29 is 0 Å². The molecule has 0 amide bonds. The molecule has 4 rings (SSSR count). The number of fused-ring (bicyclic) bond motifs is 3. The fourth-order valence-electron chi connectivity index (χ4n) is 3.06. The Hall–Kier alpha value is -3.66. The number of nitriles is 1. The summed E-state index contributed by atoms with van der Waals surface area (Å²) in [5, 5.41) is 18.2. The third kappa shape index (κ3) is 2.40. The highest BCUT2D eigenvalue weighted by Crippen LogP contribution is 2.20. The maximum Gasteiger partial charge on any atom is 0.263 e. The summed E-state index contributed by atoms with van der Waals surface area (Å²) in [5.74, 6) is 1.09. The Labute approximate surface area is 149 Å². The second-order valence-electron chi connectivity index (χ2n) is 6.25. The number of hydrogen-bond donors (Lipinski definition) is 0. The average Bonchev–Trinajstić information content (AvgIpc) is 3.11. The zero-order valence-electron chi connectivity index (χ0n) is 14.4. The van der Waals surface area contributed by atoms with Gasteiger partial charge in [-0.1, -0.05) is 30.3 Å². The van der Waals surface area contributed by atoms with Crippen molar-refractivity contribution in [2.45, 2.75) is 6.54 Å². The molecule has 2 heterocycles. The maximum atomic E-state index is 13.2. The minimum atomic E-state index is -0.189. The van der Waals surface area contributed by atoms with Gasteiger partial charge in [-0.25, -0.2) is 4.40 Å². The number of aromatic nitrogens is 4. The molecule has 0 atom stereocenters. The second-order valence-corrected chi connectivity index (χ2v) is 6.25. The van der Waals surface area contributed by atoms with Gasteiger partial charge in [-0.05, 0) is 23.8 Å². The van der Waals surface area contributed by atoms with E-state index >= 15 is 0 Å². The second kappa shape index (κ2) is 6.01. The molecule has 0 aliphatic heterocycles.